The van der Waals surface area contributed by atoms with Gasteiger partial charge in [0.05, 0.1) is 29.4 Å². The minimum absolute atomic E-state index is 0.0738. The molecule has 2 aliphatic heterocycles. The fourth-order valence-corrected chi connectivity index (χ4v) is 4.61. The third-order valence-corrected chi connectivity index (χ3v) is 6.12. The molecule has 4 rings (SSSR count). The molecular formula is C19H21N5O3S. The molecule has 0 radical (unpaired) electrons. The zero-order valence-corrected chi connectivity index (χ0v) is 16.3. The normalized spacial score (nSPS) is 23.2. The number of pyridine rings is 1. The fraction of sp³-hybridized carbons (Fsp3) is 0.421. The summed E-state index contributed by atoms with van der Waals surface area (Å²) in [4.78, 5) is 43.4. The molecule has 2 unspecified atom stereocenters. The highest BCUT2D eigenvalue weighted by Gasteiger charge is 2.42. The molecule has 0 aliphatic carbocycles. The number of hydrogen-bond donors (Lipinski definition) is 1. The zero-order valence-electron chi connectivity index (χ0n) is 15.5. The number of nitrogens with one attached hydrogen (secondary N) is 1. The largest absolute Gasteiger partial charge is 0.336 e. The maximum atomic E-state index is 12.9. The Morgan fingerprint density at radius 2 is 2.14 bits per heavy atom. The van der Waals surface area contributed by atoms with E-state index in [1.165, 1.54) is 6.20 Å². The van der Waals surface area contributed by atoms with Crippen LogP contribution in [0.5, 0.6) is 0 Å². The van der Waals surface area contributed by atoms with E-state index in [9.17, 15) is 14.4 Å². The molecule has 9 heteroatoms. The van der Waals surface area contributed by atoms with Crippen molar-refractivity contribution in [2.24, 2.45) is 0 Å². The Hall–Kier alpha value is -2.52. The lowest BCUT2D eigenvalue weighted by atomic mass is 10.0. The molecule has 8 nitrogen and oxygen atoms in total. The molecule has 2 aromatic rings. The van der Waals surface area contributed by atoms with E-state index < -0.39 is 6.04 Å². The smallest absolute Gasteiger partial charge is 0.255 e. The van der Waals surface area contributed by atoms with Crippen molar-refractivity contribution >= 4 is 28.6 Å². The Bertz CT molecular complexity index is 898. The standard InChI is InChI=1S/C19H21N5O3S/c1-12-13(10-21-24(12)15-6-2-4-8-20-15)18(26)22-16-7-3-5-9-23(16)17-14(25)11-28-19(17)27/h2,4,6,8,10,16-17H,3,5,7,9,11H2,1H3,(H,22,26). The number of amides is 1. The second kappa shape index (κ2) is 7.84. The molecular weight excluding hydrogens is 378 g/mol. The summed E-state index contributed by atoms with van der Waals surface area (Å²) in [5.41, 5.74) is 1.14. The van der Waals surface area contributed by atoms with Gasteiger partial charge >= 0.3 is 0 Å². The number of aromatic nitrogens is 3. The summed E-state index contributed by atoms with van der Waals surface area (Å²) in [6, 6.07) is 4.75. The fourth-order valence-electron chi connectivity index (χ4n) is 3.74. The van der Waals surface area contributed by atoms with E-state index in [1.807, 2.05) is 30.0 Å². The second-order valence-electron chi connectivity index (χ2n) is 6.94. The molecule has 146 valence electrons. The summed E-state index contributed by atoms with van der Waals surface area (Å²) in [6.07, 6.45) is 5.41. The first-order valence-electron chi connectivity index (χ1n) is 9.28. The molecule has 2 saturated heterocycles. The van der Waals surface area contributed by atoms with E-state index in [1.54, 1.807) is 10.9 Å². The molecule has 2 fully saturated rings. The summed E-state index contributed by atoms with van der Waals surface area (Å²) >= 11 is 1.06. The van der Waals surface area contributed by atoms with Crippen molar-refractivity contribution in [2.75, 3.05) is 12.3 Å². The molecule has 4 heterocycles. The van der Waals surface area contributed by atoms with Gasteiger partial charge < -0.3 is 5.32 Å². The number of Topliss-reactive ketones (excluding diaryl/α,β-unsaturated/α-hetero) is 1. The maximum Gasteiger partial charge on any atom is 0.255 e. The summed E-state index contributed by atoms with van der Waals surface area (Å²) in [6.45, 7) is 2.44. The number of likely N-dealkylation sites (tertiary alicyclic amines) is 1. The van der Waals surface area contributed by atoms with Crippen LogP contribution in [0.15, 0.2) is 30.6 Å². The Labute approximate surface area is 166 Å². The van der Waals surface area contributed by atoms with Gasteiger partial charge in [-0.1, -0.05) is 17.8 Å². The monoisotopic (exact) mass is 399 g/mol. The van der Waals surface area contributed by atoms with Crippen LogP contribution in [-0.4, -0.2) is 61.0 Å². The van der Waals surface area contributed by atoms with E-state index in [0.717, 1.165) is 24.6 Å². The van der Waals surface area contributed by atoms with Gasteiger partial charge in [-0.25, -0.2) is 9.67 Å². The molecule has 0 bridgehead atoms. The van der Waals surface area contributed by atoms with Crippen LogP contribution >= 0.6 is 11.8 Å². The summed E-state index contributed by atoms with van der Waals surface area (Å²) < 4.78 is 1.62. The van der Waals surface area contributed by atoms with Crippen LogP contribution in [0.25, 0.3) is 5.82 Å². The van der Waals surface area contributed by atoms with Gasteiger partial charge in [-0.3, -0.25) is 19.3 Å². The molecule has 0 aromatic carbocycles. The Kier molecular flexibility index (Phi) is 5.27. The van der Waals surface area contributed by atoms with Crippen LogP contribution in [0.4, 0.5) is 0 Å². The number of nitrogens with zero attached hydrogens (tertiary/aromatic N) is 4. The molecule has 1 N–H and O–H groups in total. The quantitative estimate of drug-likeness (QED) is 0.775. The van der Waals surface area contributed by atoms with Gasteiger partial charge in [0.25, 0.3) is 5.91 Å². The first-order valence-corrected chi connectivity index (χ1v) is 10.3. The predicted octanol–water partition coefficient (Wildman–Crippen LogP) is 1.33. The Balaban J connectivity index is 1.53. The number of hydrogen-bond acceptors (Lipinski definition) is 7. The van der Waals surface area contributed by atoms with Crippen LogP contribution in [-0.2, 0) is 9.59 Å². The number of carbonyl (C=O) groups is 3. The number of ketones is 1. The Morgan fingerprint density at radius 1 is 1.29 bits per heavy atom. The van der Waals surface area contributed by atoms with Crippen molar-refractivity contribution in [3.63, 3.8) is 0 Å². The van der Waals surface area contributed by atoms with E-state index in [0.29, 0.717) is 30.0 Å². The third kappa shape index (κ3) is 3.47. The van der Waals surface area contributed by atoms with E-state index in [-0.39, 0.29) is 28.7 Å². The minimum Gasteiger partial charge on any atom is -0.336 e. The van der Waals surface area contributed by atoms with Gasteiger partial charge in [0, 0.05) is 12.7 Å². The third-order valence-electron chi connectivity index (χ3n) is 5.18. The number of carbonyl (C=O) groups excluding carboxylic acids is 3. The second-order valence-corrected chi connectivity index (χ2v) is 7.92. The van der Waals surface area contributed by atoms with Gasteiger partial charge in [-0.2, -0.15) is 5.10 Å². The van der Waals surface area contributed by atoms with Crippen LogP contribution in [0.3, 0.4) is 0 Å². The lowest BCUT2D eigenvalue weighted by Gasteiger charge is -2.38. The van der Waals surface area contributed by atoms with Crippen molar-refractivity contribution in [3.05, 3.63) is 41.9 Å². The van der Waals surface area contributed by atoms with E-state index in [2.05, 4.69) is 15.4 Å². The molecule has 2 aromatic heterocycles. The average molecular weight is 399 g/mol. The first kappa shape index (κ1) is 18.8. The first-order chi connectivity index (χ1) is 13.6. The lowest BCUT2D eigenvalue weighted by molar-refractivity contribution is -0.129. The molecule has 2 aliphatic rings. The molecule has 1 amide bonds. The highest BCUT2D eigenvalue weighted by Crippen LogP contribution is 2.27. The summed E-state index contributed by atoms with van der Waals surface area (Å²) in [5, 5.41) is 7.18. The SMILES string of the molecule is Cc1c(C(=O)NC2CCCCN2C2C(=O)CSC2=O)cnn1-c1ccccn1. The van der Waals surface area contributed by atoms with Gasteiger partial charge in [0.15, 0.2) is 11.6 Å². The van der Waals surface area contributed by atoms with Crippen molar-refractivity contribution in [1.82, 2.24) is 25.0 Å². The van der Waals surface area contributed by atoms with Crippen molar-refractivity contribution in [3.8, 4) is 5.82 Å². The average Bonchev–Trinajstić information content (AvgIpc) is 3.25. The van der Waals surface area contributed by atoms with Crippen molar-refractivity contribution < 1.29 is 14.4 Å². The topological polar surface area (TPSA) is 97.2 Å². The number of piperidine rings is 1. The van der Waals surface area contributed by atoms with Gasteiger partial charge in [-0.15, -0.1) is 0 Å². The number of rotatable bonds is 4. The van der Waals surface area contributed by atoms with Crippen molar-refractivity contribution in [1.29, 1.82) is 0 Å². The highest BCUT2D eigenvalue weighted by molar-refractivity contribution is 8.15. The summed E-state index contributed by atoms with van der Waals surface area (Å²) in [7, 11) is 0. The van der Waals surface area contributed by atoms with E-state index in [4.69, 9.17) is 0 Å². The molecule has 28 heavy (non-hydrogen) atoms. The zero-order chi connectivity index (χ0) is 19.7. The van der Waals surface area contributed by atoms with Gasteiger partial charge in [0.1, 0.15) is 6.04 Å². The molecule has 0 spiro atoms. The van der Waals surface area contributed by atoms with Crippen LogP contribution < -0.4 is 5.32 Å². The molecule has 2 atom stereocenters. The highest BCUT2D eigenvalue weighted by atomic mass is 32.2. The molecule has 0 saturated carbocycles. The Morgan fingerprint density at radius 3 is 2.86 bits per heavy atom. The van der Waals surface area contributed by atoms with Crippen LogP contribution in [0.2, 0.25) is 0 Å². The van der Waals surface area contributed by atoms with Crippen LogP contribution in [0.1, 0.15) is 35.3 Å². The summed E-state index contributed by atoms with van der Waals surface area (Å²) in [5.74, 6) is 0.520. The number of thioether (sulfide) groups is 1. The van der Waals surface area contributed by atoms with Crippen molar-refractivity contribution in [2.45, 2.75) is 38.4 Å². The van der Waals surface area contributed by atoms with Crippen LogP contribution in [0, 0.1) is 6.92 Å². The minimum atomic E-state index is -0.743. The van der Waals surface area contributed by atoms with Gasteiger partial charge in [-0.05, 0) is 38.3 Å². The maximum absolute atomic E-state index is 12.9. The van der Waals surface area contributed by atoms with Gasteiger partial charge in [0.2, 0.25) is 5.12 Å². The lowest BCUT2D eigenvalue weighted by Crippen LogP contribution is -2.57. The predicted molar refractivity (Wildman–Crippen MR) is 104 cm³/mol. The van der Waals surface area contributed by atoms with E-state index >= 15 is 0 Å².